The van der Waals surface area contributed by atoms with E-state index >= 15 is 0 Å². The summed E-state index contributed by atoms with van der Waals surface area (Å²) in [6.07, 6.45) is 9.38. The van der Waals surface area contributed by atoms with E-state index in [9.17, 15) is 0 Å². The standard InChI is InChI=1S/C18H24ClN3S/c19-16-6-1-2-7-17(16)21-18(23)20-12-10-14-4-3-5-15(11-12)22(14)13-8-9-13/h1-2,6-7,12-15H,3-5,8-11H2,(H2,20,21,23)/t14-,15-/m0/s1. The molecular weight excluding hydrogens is 326 g/mol. The third-order valence-corrected chi connectivity index (χ3v) is 6.01. The molecule has 0 aromatic heterocycles. The lowest BCUT2D eigenvalue weighted by Gasteiger charge is -2.49. The maximum atomic E-state index is 6.19. The summed E-state index contributed by atoms with van der Waals surface area (Å²) in [4.78, 5) is 2.84. The van der Waals surface area contributed by atoms with Crippen molar-refractivity contribution in [2.75, 3.05) is 5.32 Å². The minimum absolute atomic E-state index is 0.489. The van der Waals surface area contributed by atoms with Crippen LogP contribution in [-0.4, -0.2) is 34.2 Å². The number of halogens is 1. The lowest BCUT2D eigenvalue weighted by molar-refractivity contribution is 0.0209. The fourth-order valence-electron chi connectivity index (χ4n) is 4.41. The molecule has 0 amide bonds. The number of para-hydroxylation sites is 1. The van der Waals surface area contributed by atoms with Gasteiger partial charge < -0.3 is 10.6 Å². The Morgan fingerprint density at radius 3 is 2.39 bits per heavy atom. The molecule has 1 aromatic carbocycles. The van der Waals surface area contributed by atoms with Crippen LogP contribution in [0.3, 0.4) is 0 Å². The van der Waals surface area contributed by atoms with Crippen LogP contribution < -0.4 is 10.6 Å². The number of piperidine rings is 2. The van der Waals surface area contributed by atoms with Crippen LogP contribution in [0.2, 0.25) is 5.02 Å². The third-order valence-electron chi connectivity index (χ3n) is 5.46. The third kappa shape index (κ3) is 3.49. The average molecular weight is 350 g/mol. The minimum Gasteiger partial charge on any atom is -0.360 e. The molecule has 2 bridgehead atoms. The molecule has 0 unspecified atom stereocenters. The van der Waals surface area contributed by atoms with Crippen molar-refractivity contribution in [3.63, 3.8) is 0 Å². The van der Waals surface area contributed by atoms with Gasteiger partial charge in [0.15, 0.2) is 5.11 Å². The molecule has 3 nitrogen and oxygen atoms in total. The number of nitrogens with one attached hydrogen (secondary N) is 2. The number of benzene rings is 1. The summed E-state index contributed by atoms with van der Waals surface area (Å²) in [5, 5.41) is 8.18. The molecule has 2 aliphatic heterocycles. The van der Waals surface area contributed by atoms with Gasteiger partial charge in [0.05, 0.1) is 10.7 Å². The highest BCUT2D eigenvalue weighted by atomic mass is 35.5. The topological polar surface area (TPSA) is 27.3 Å². The Morgan fingerprint density at radius 1 is 1.04 bits per heavy atom. The Labute approximate surface area is 148 Å². The van der Waals surface area contributed by atoms with Gasteiger partial charge in [0.2, 0.25) is 0 Å². The summed E-state index contributed by atoms with van der Waals surface area (Å²) in [5.41, 5.74) is 0.877. The van der Waals surface area contributed by atoms with E-state index in [0.29, 0.717) is 16.2 Å². The Morgan fingerprint density at radius 2 is 1.74 bits per heavy atom. The van der Waals surface area contributed by atoms with Crippen molar-refractivity contribution in [3.05, 3.63) is 29.3 Å². The van der Waals surface area contributed by atoms with Crippen LogP contribution in [0.15, 0.2) is 24.3 Å². The summed E-state index contributed by atoms with van der Waals surface area (Å²) >= 11 is 11.7. The summed E-state index contributed by atoms with van der Waals surface area (Å²) in [7, 11) is 0. The van der Waals surface area contributed by atoms with E-state index in [2.05, 4.69) is 15.5 Å². The molecule has 1 aliphatic carbocycles. The van der Waals surface area contributed by atoms with Gasteiger partial charge in [-0.1, -0.05) is 30.2 Å². The number of fused-ring (bicyclic) bond motifs is 2. The van der Waals surface area contributed by atoms with E-state index in [1.807, 2.05) is 24.3 Å². The molecule has 2 saturated heterocycles. The van der Waals surface area contributed by atoms with Gasteiger partial charge in [-0.15, -0.1) is 0 Å². The van der Waals surface area contributed by atoms with Gasteiger partial charge in [-0.3, -0.25) is 4.90 Å². The number of anilines is 1. The average Bonchev–Trinajstić information content (AvgIpc) is 3.33. The highest BCUT2D eigenvalue weighted by Crippen LogP contribution is 2.41. The van der Waals surface area contributed by atoms with E-state index < -0.39 is 0 Å². The Bertz CT molecular complexity index is 575. The lowest BCUT2D eigenvalue weighted by atomic mass is 9.81. The molecule has 0 radical (unpaired) electrons. The van der Waals surface area contributed by atoms with Gasteiger partial charge in [-0.05, 0) is 62.9 Å². The number of thiocarbonyl (C=S) groups is 1. The van der Waals surface area contributed by atoms with Crippen LogP contribution in [0.5, 0.6) is 0 Å². The first-order valence-corrected chi connectivity index (χ1v) is 9.59. The van der Waals surface area contributed by atoms with Gasteiger partial charge in [0.25, 0.3) is 0 Å². The van der Waals surface area contributed by atoms with Crippen LogP contribution in [0.4, 0.5) is 5.69 Å². The first kappa shape index (κ1) is 15.7. The van der Waals surface area contributed by atoms with Crippen molar-refractivity contribution in [1.29, 1.82) is 0 Å². The summed E-state index contributed by atoms with van der Waals surface area (Å²) in [6, 6.07) is 10.6. The smallest absolute Gasteiger partial charge is 0.171 e. The SMILES string of the molecule is S=C(Nc1ccccc1Cl)NC1C[C@@H]2CCC[C@@H](C1)N2C1CC1. The van der Waals surface area contributed by atoms with Crippen molar-refractivity contribution in [3.8, 4) is 0 Å². The molecule has 2 heterocycles. The fraction of sp³-hybridized carbons (Fsp3) is 0.611. The van der Waals surface area contributed by atoms with E-state index in [-0.39, 0.29) is 0 Å². The zero-order valence-electron chi connectivity index (χ0n) is 13.3. The number of nitrogens with zero attached hydrogens (tertiary/aromatic N) is 1. The van der Waals surface area contributed by atoms with Crippen molar-refractivity contribution in [2.45, 2.75) is 69.1 Å². The van der Waals surface area contributed by atoms with Gasteiger partial charge in [-0.25, -0.2) is 0 Å². The van der Waals surface area contributed by atoms with Crippen molar-refractivity contribution in [2.24, 2.45) is 0 Å². The zero-order chi connectivity index (χ0) is 15.8. The zero-order valence-corrected chi connectivity index (χ0v) is 14.9. The molecule has 0 spiro atoms. The summed E-state index contributed by atoms with van der Waals surface area (Å²) in [6.45, 7) is 0. The molecule has 3 fully saturated rings. The molecule has 4 rings (SSSR count). The first-order valence-electron chi connectivity index (χ1n) is 8.80. The van der Waals surface area contributed by atoms with Crippen molar-refractivity contribution >= 4 is 34.6 Å². The molecular formula is C18H24ClN3S. The van der Waals surface area contributed by atoms with E-state index in [0.717, 1.165) is 23.8 Å². The Hall–Kier alpha value is -0.840. The van der Waals surface area contributed by atoms with E-state index in [1.165, 1.54) is 44.9 Å². The van der Waals surface area contributed by atoms with Crippen LogP contribution in [-0.2, 0) is 0 Å². The highest BCUT2D eigenvalue weighted by Gasteiger charge is 2.44. The normalized spacial score (nSPS) is 30.7. The predicted molar refractivity (Wildman–Crippen MR) is 100 cm³/mol. The quantitative estimate of drug-likeness (QED) is 0.801. The maximum absolute atomic E-state index is 6.19. The van der Waals surface area contributed by atoms with Crippen molar-refractivity contribution < 1.29 is 0 Å². The van der Waals surface area contributed by atoms with Gasteiger partial charge in [0.1, 0.15) is 0 Å². The van der Waals surface area contributed by atoms with E-state index in [4.69, 9.17) is 23.8 Å². The number of rotatable bonds is 3. The first-order chi connectivity index (χ1) is 11.2. The second-order valence-electron chi connectivity index (χ2n) is 7.16. The fourth-order valence-corrected chi connectivity index (χ4v) is 4.87. The molecule has 1 saturated carbocycles. The van der Waals surface area contributed by atoms with Crippen LogP contribution >= 0.6 is 23.8 Å². The van der Waals surface area contributed by atoms with Crippen molar-refractivity contribution in [1.82, 2.24) is 10.2 Å². The van der Waals surface area contributed by atoms with Gasteiger partial charge >= 0.3 is 0 Å². The summed E-state index contributed by atoms with van der Waals surface area (Å²) in [5.74, 6) is 0. The molecule has 3 aliphatic rings. The molecule has 2 N–H and O–H groups in total. The van der Waals surface area contributed by atoms with Gasteiger partial charge in [0, 0.05) is 24.2 Å². The molecule has 23 heavy (non-hydrogen) atoms. The predicted octanol–water partition coefficient (Wildman–Crippen LogP) is 4.17. The van der Waals surface area contributed by atoms with Crippen LogP contribution in [0.1, 0.15) is 44.9 Å². The lowest BCUT2D eigenvalue weighted by Crippen LogP contribution is -2.57. The Balaban J connectivity index is 1.36. The maximum Gasteiger partial charge on any atom is 0.171 e. The molecule has 1 aromatic rings. The Kier molecular flexibility index (Phi) is 4.48. The van der Waals surface area contributed by atoms with Gasteiger partial charge in [-0.2, -0.15) is 0 Å². The molecule has 2 atom stereocenters. The summed E-state index contributed by atoms with van der Waals surface area (Å²) < 4.78 is 0. The number of hydrogen-bond acceptors (Lipinski definition) is 2. The second-order valence-corrected chi connectivity index (χ2v) is 7.98. The number of hydrogen-bond donors (Lipinski definition) is 2. The second kappa shape index (κ2) is 6.58. The molecule has 5 heteroatoms. The highest BCUT2D eigenvalue weighted by molar-refractivity contribution is 7.80. The van der Waals surface area contributed by atoms with E-state index in [1.54, 1.807) is 0 Å². The monoisotopic (exact) mass is 349 g/mol. The van der Waals surface area contributed by atoms with Crippen LogP contribution in [0, 0.1) is 0 Å². The van der Waals surface area contributed by atoms with Crippen LogP contribution in [0.25, 0.3) is 0 Å². The largest absolute Gasteiger partial charge is 0.360 e. The minimum atomic E-state index is 0.489. The molecule has 124 valence electrons.